The summed E-state index contributed by atoms with van der Waals surface area (Å²) in [6.07, 6.45) is -3.66. The molecule has 0 bridgehead atoms. The van der Waals surface area contributed by atoms with Crippen molar-refractivity contribution >= 4 is 5.78 Å². The highest BCUT2D eigenvalue weighted by Gasteiger charge is 2.30. The molecule has 1 heterocycles. The largest absolute Gasteiger partial charge is 0.492 e. The number of carbonyl (C=O) groups is 1. The zero-order valence-electron chi connectivity index (χ0n) is 10.9. The Kier molecular flexibility index (Phi) is 3.20. The summed E-state index contributed by atoms with van der Waals surface area (Å²) >= 11 is 0. The fourth-order valence-corrected chi connectivity index (χ4v) is 2.36. The van der Waals surface area contributed by atoms with E-state index in [-0.39, 0.29) is 11.3 Å². The number of ether oxygens (including phenoxy) is 1. The quantitative estimate of drug-likeness (QED) is 0.785. The second-order valence-electron chi connectivity index (χ2n) is 4.80. The molecule has 0 radical (unpaired) electrons. The van der Waals surface area contributed by atoms with Gasteiger partial charge in [-0.3, -0.25) is 4.79 Å². The molecule has 108 valence electrons. The van der Waals surface area contributed by atoms with E-state index in [1.165, 1.54) is 12.1 Å². The number of benzene rings is 2. The molecule has 2 aromatic rings. The van der Waals surface area contributed by atoms with Gasteiger partial charge in [-0.2, -0.15) is 13.2 Å². The number of para-hydroxylation sites is 1. The van der Waals surface area contributed by atoms with Gasteiger partial charge in [0, 0.05) is 12.0 Å². The van der Waals surface area contributed by atoms with Gasteiger partial charge in [-0.25, -0.2) is 0 Å². The number of halogens is 3. The monoisotopic (exact) mass is 292 g/mol. The molecular formula is C16H11F3O2. The van der Waals surface area contributed by atoms with Crippen LogP contribution in [0.5, 0.6) is 5.75 Å². The molecule has 0 aromatic heterocycles. The normalized spacial score (nSPS) is 13.7. The lowest BCUT2D eigenvalue weighted by molar-refractivity contribution is -0.137. The van der Waals surface area contributed by atoms with Gasteiger partial charge in [-0.15, -0.1) is 0 Å². The van der Waals surface area contributed by atoms with Crippen molar-refractivity contribution in [3.05, 3.63) is 64.7 Å². The lowest BCUT2D eigenvalue weighted by Crippen LogP contribution is -2.07. The van der Waals surface area contributed by atoms with E-state index in [9.17, 15) is 18.0 Å². The minimum Gasteiger partial charge on any atom is -0.492 e. The van der Waals surface area contributed by atoms with E-state index in [2.05, 4.69) is 0 Å². The molecule has 3 rings (SSSR count). The average molecular weight is 292 g/mol. The van der Waals surface area contributed by atoms with E-state index < -0.39 is 11.7 Å². The molecule has 1 aliphatic rings. The Morgan fingerprint density at radius 1 is 1.05 bits per heavy atom. The molecule has 0 saturated carbocycles. The molecule has 0 N–H and O–H groups in total. The van der Waals surface area contributed by atoms with Crippen LogP contribution in [0.2, 0.25) is 0 Å². The Balaban J connectivity index is 1.95. The minimum absolute atomic E-state index is 0.215. The highest BCUT2D eigenvalue weighted by Crippen LogP contribution is 2.32. The highest BCUT2D eigenvalue weighted by atomic mass is 19.4. The molecule has 0 saturated heterocycles. The van der Waals surface area contributed by atoms with Gasteiger partial charge in [-0.05, 0) is 23.8 Å². The lowest BCUT2D eigenvalue weighted by atomic mass is 9.99. The van der Waals surface area contributed by atoms with Crippen molar-refractivity contribution in [3.8, 4) is 5.75 Å². The maximum Gasteiger partial charge on any atom is 0.416 e. The molecule has 2 aromatic carbocycles. The van der Waals surface area contributed by atoms with Crippen molar-refractivity contribution < 1.29 is 22.7 Å². The van der Waals surface area contributed by atoms with E-state index >= 15 is 0 Å². The topological polar surface area (TPSA) is 26.3 Å². The van der Waals surface area contributed by atoms with Crippen LogP contribution in [0.25, 0.3) is 0 Å². The zero-order chi connectivity index (χ0) is 15.0. The SMILES string of the molecule is O=C(c1ccc(C(F)(F)F)cc1)c1cccc2c1OCC2. The predicted molar refractivity (Wildman–Crippen MR) is 70.5 cm³/mol. The van der Waals surface area contributed by atoms with Crippen LogP contribution < -0.4 is 4.74 Å². The summed E-state index contributed by atoms with van der Waals surface area (Å²) in [5.74, 6) is 0.213. The summed E-state index contributed by atoms with van der Waals surface area (Å²) < 4.78 is 43.0. The van der Waals surface area contributed by atoms with E-state index in [0.717, 1.165) is 24.1 Å². The number of carbonyl (C=O) groups excluding carboxylic acids is 1. The molecule has 0 aliphatic carbocycles. The molecular weight excluding hydrogens is 281 g/mol. The van der Waals surface area contributed by atoms with Crippen LogP contribution in [0.3, 0.4) is 0 Å². The van der Waals surface area contributed by atoms with Gasteiger partial charge in [0.15, 0.2) is 5.78 Å². The minimum atomic E-state index is -4.40. The summed E-state index contributed by atoms with van der Waals surface area (Å²) in [5, 5.41) is 0. The molecule has 0 spiro atoms. The van der Waals surface area contributed by atoms with Crippen LogP contribution in [0.15, 0.2) is 42.5 Å². The van der Waals surface area contributed by atoms with Crippen LogP contribution in [-0.2, 0) is 12.6 Å². The van der Waals surface area contributed by atoms with E-state index in [4.69, 9.17) is 4.74 Å². The average Bonchev–Trinajstić information content (AvgIpc) is 2.94. The summed E-state index contributed by atoms with van der Waals surface area (Å²) in [6, 6.07) is 9.48. The summed E-state index contributed by atoms with van der Waals surface area (Å²) in [4.78, 5) is 12.4. The number of alkyl halides is 3. The van der Waals surface area contributed by atoms with Crippen molar-refractivity contribution in [1.82, 2.24) is 0 Å². The Morgan fingerprint density at radius 3 is 2.43 bits per heavy atom. The number of fused-ring (bicyclic) bond motifs is 1. The van der Waals surface area contributed by atoms with E-state index in [0.29, 0.717) is 17.9 Å². The fraction of sp³-hybridized carbons (Fsp3) is 0.188. The Bertz CT molecular complexity index is 688. The summed E-state index contributed by atoms with van der Waals surface area (Å²) in [5.41, 5.74) is 0.790. The molecule has 0 atom stereocenters. The fourth-order valence-electron chi connectivity index (χ4n) is 2.36. The third-order valence-corrected chi connectivity index (χ3v) is 3.43. The van der Waals surface area contributed by atoms with Crippen molar-refractivity contribution in [3.63, 3.8) is 0 Å². The zero-order valence-corrected chi connectivity index (χ0v) is 10.9. The summed E-state index contributed by atoms with van der Waals surface area (Å²) in [7, 11) is 0. The first-order valence-electron chi connectivity index (χ1n) is 6.43. The first kappa shape index (κ1) is 13.7. The maximum atomic E-state index is 12.5. The van der Waals surface area contributed by atoms with Gasteiger partial charge in [0.05, 0.1) is 17.7 Å². The van der Waals surface area contributed by atoms with Crippen LogP contribution in [-0.4, -0.2) is 12.4 Å². The number of hydrogen-bond acceptors (Lipinski definition) is 2. The van der Waals surface area contributed by atoms with Crippen LogP contribution in [0.4, 0.5) is 13.2 Å². The smallest absolute Gasteiger partial charge is 0.416 e. The van der Waals surface area contributed by atoms with Crippen LogP contribution >= 0.6 is 0 Å². The number of rotatable bonds is 2. The van der Waals surface area contributed by atoms with Gasteiger partial charge in [-0.1, -0.05) is 24.3 Å². The second-order valence-corrected chi connectivity index (χ2v) is 4.80. The maximum absolute atomic E-state index is 12.5. The number of hydrogen-bond donors (Lipinski definition) is 0. The third-order valence-electron chi connectivity index (χ3n) is 3.43. The van der Waals surface area contributed by atoms with E-state index in [1.54, 1.807) is 12.1 Å². The summed E-state index contributed by atoms with van der Waals surface area (Å²) in [6.45, 7) is 0.520. The van der Waals surface area contributed by atoms with Gasteiger partial charge < -0.3 is 4.74 Å². The Hall–Kier alpha value is -2.30. The second kappa shape index (κ2) is 4.91. The van der Waals surface area contributed by atoms with Gasteiger partial charge in [0.2, 0.25) is 0 Å². The molecule has 0 fully saturated rings. The Morgan fingerprint density at radius 2 is 1.76 bits per heavy atom. The van der Waals surface area contributed by atoms with Crippen molar-refractivity contribution in [2.24, 2.45) is 0 Å². The van der Waals surface area contributed by atoms with Crippen LogP contribution in [0.1, 0.15) is 27.0 Å². The molecule has 21 heavy (non-hydrogen) atoms. The highest BCUT2D eigenvalue weighted by molar-refractivity contribution is 6.11. The third kappa shape index (κ3) is 2.51. The molecule has 0 unspecified atom stereocenters. The van der Waals surface area contributed by atoms with Crippen molar-refractivity contribution in [2.75, 3.05) is 6.61 Å². The van der Waals surface area contributed by atoms with Crippen LogP contribution in [0, 0.1) is 0 Å². The standard InChI is InChI=1S/C16H11F3O2/c17-16(18,19)12-6-4-10(5-7-12)14(20)13-3-1-2-11-8-9-21-15(11)13/h1-7H,8-9H2. The first-order chi connectivity index (χ1) is 9.97. The van der Waals surface area contributed by atoms with Crippen molar-refractivity contribution in [1.29, 1.82) is 0 Å². The molecule has 0 amide bonds. The lowest BCUT2D eigenvalue weighted by Gasteiger charge is -2.09. The molecule has 1 aliphatic heterocycles. The predicted octanol–water partition coefficient (Wildman–Crippen LogP) is 3.87. The van der Waals surface area contributed by atoms with Gasteiger partial charge >= 0.3 is 6.18 Å². The van der Waals surface area contributed by atoms with Gasteiger partial charge in [0.25, 0.3) is 0 Å². The molecule has 5 heteroatoms. The van der Waals surface area contributed by atoms with E-state index in [1.807, 2.05) is 6.07 Å². The Labute approximate surface area is 119 Å². The first-order valence-corrected chi connectivity index (χ1v) is 6.43. The van der Waals surface area contributed by atoms with Crippen molar-refractivity contribution in [2.45, 2.75) is 12.6 Å². The number of ketones is 1. The molecule has 2 nitrogen and oxygen atoms in total. The van der Waals surface area contributed by atoms with Gasteiger partial charge in [0.1, 0.15) is 5.75 Å².